The Balaban J connectivity index is 1.00. The molecule has 2 heteroatoms. The summed E-state index contributed by atoms with van der Waals surface area (Å²) in [6.07, 6.45) is 0. The maximum absolute atomic E-state index is 2.52. The molecule has 0 fully saturated rings. The first-order valence-electron chi connectivity index (χ1n) is 26.8. The van der Waals surface area contributed by atoms with Gasteiger partial charge >= 0.3 is 0 Å². The molecule has 14 rings (SSSR count). The molecule has 0 N–H and O–H groups in total. The highest BCUT2D eigenvalue weighted by Crippen LogP contribution is 2.59. The van der Waals surface area contributed by atoms with E-state index in [4.69, 9.17) is 0 Å². The van der Waals surface area contributed by atoms with E-state index >= 15 is 0 Å². The first-order chi connectivity index (χ1) is 38.0. The van der Waals surface area contributed by atoms with Crippen molar-refractivity contribution in [3.05, 3.63) is 302 Å². The van der Waals surface area contributed by atoms with E-state index in [0.29, 0.717) is 0 Å². The van der Waals surface area contributed by atoms with Crippen molar-refractivity contribution in [3.8, 4) is 55.6 Å². The average molecular weight is 983 g/mol. The number of para-hydroxylation sites is 2. The van der Waals surface area contributed by atoms with Gasteiger partial charge < -0.3 is 9.80 Å². The number of hydrogen-bond donors (Lipinski definition) is 0. The van der Waals surface area contributed by atoms with Gasteiger partial charge in [-0.3, -0.25) is 0 Å². The molecule has 0 aliphatic heterocycles. The van der Waals surface area contributed by atoms with E-state index in [-0.39, 0.29) is 5.41 Å². The van der Waals surface area contributed by atoms with E-state index in [0.717, 1.165) is 34.1 Å². The number of benzene rings is 13. The minimum atomic E-state index is -0.358. The molecule has 364 valence electrons. The van der Waals surface area contributed by atoms with Crippen LogP contribution in [0, 0.1) is 0 Å². The third kappa shape index (κ3) is 7.80. The van der Waals surface area contributed by atoms with Crippen molar-refractivity contribution in [2.75, 3.05) is 9.80 Å². The van der Waals surface area contributed by atoms with E-state index in [9.17, 15) is 0 Å². The highest BCUT2D eigenvalue weighted by molar-refractivity contribution is 6.21. The summed E-state index contributed by atoms with van der Waals surface area (Å²) >= 11 is 0. The van der Waals surface area contributed by atoms with Gasteiger partial charge in [-0.05, 0) is 149 Å². The molecule has 0 heterocycles. The Labute approximate surface area is 451 Å². The van der Waals surface area contributed by atoms with Crippen molar-refractivity contribution in [1.29, 1.82) is 0 Å². The van der Waals surface area contributed by atoms with Gasteiger partial charge in [0.15, 0.2) is 0 Å². The number of nitrogens with zero attached hydrogens (tertiary/aromatic N) is 2. The van der Waals surface area contributed by atoms with Gasteiger partial charge in [-0.2, -0.15) is 0 Å². The van der Waals surface area contributed by atoms with Crippen LogP contribution in [0.2, 0.25) is 0 Å². The summed E-state index contributed by atoms with van der Waals surface area (Å²) < 4.78 is 0. The maximum atomic E-state index is 2.52. The molecule has 0 bridgehead atoms. The van der Waals surface area contributed by atoms with Gasteiger partial charge in [0.25, 0.3) is 0 Å². The van der Waals surface area contributed by atoms with Crippen molar-refractivity contribution in [2.45, 2.75) is 19.3 Å². The second-order valence-corrected chi connectivity index (χ2v) is 20.8. The number of fused-ring (bicyclic) bond motifs is 10. The van der Waals surface area contributed by atoms with E-state index in [2.05, 4.69) is 315 Å². The van der Waals surface area contributed by atoms with Gasteiger partial charge in [-0.1, -0.05) is 238 Å². The lowest BCUT2D eigenvalue weighted by Gasteiger charge is -2.31. The SMILES string of the molecule is CC1(C)c2c(cc(N(c3ccccc3)c3ccc(-c4ccccc4)cc3-c3ccccc3)c3ccccc23)-c2c1c1ccc(N(c3ccccc3)c3ccc(-c4ccccc4)cc3-c3ccccc3)cc1c1ccccc21. The summed E-state index contributed by atoms with van der Waals surface area (Å²) in [6.45, 7) is 4.90. The molecule has 0 aromatic heterocycles. The summed E-state index contributed by atoms with van der Waals surface area (Å²) in [5, 5.41) is 7.48. The lowest BCUT2D eigenvalue weighted by Crippen LogP contribution is -2.17. The van der Waals surface area contributed by atoms with Crippen LogP contribution >= 0.6 is 0 Å². The quantitative estimate of drug-likeness (QED) is 0.126. The monoisotopic (exact) mass is 982 g/mol. The molecule has 0 saturated carbocycles. The second-order valence-electron chi connectivity index (χ2n) is 20.8. The summed E-state index contributed by atoms with van der Waals surface area (Å²) in [5.41, 5.74) is 21.1. The number of anilines is 6. The fourth-order valence-corrected chi connectivity index (χ4v) is 12.6. The fraction of sp³-hybridized carbons (Fsp3) is 0.0400. The van der Waals surface area contributed by atoms with Gasteiger partial charge in [0.2, 0.25) is 0 Å². The average Bonchev–Trinajstić information content (AvgIpc) is 3.99. The van der Waals surface area contributed by atoms with Crippen LogP contribution in [0.1, 0.15) is 25.0 Å². The van der Waals surface area contributed by atoms with Crippen LogP contribution in [-0.2, 0) is 5.41 Å². The van der Waals surface area contributed by atoms with Crippen LogP contribution in [0.5, 0.6) is 0 Å². The van der Waals surface area contributed by atoms with Crippen LogP contribution in [0.3, 0.4) is 0 Å². The Kier molecular flexibility index (Phi) is 11.2. The third-order valence-corrected chi connectivity index (χ3v) is 15.9. The first kappa shape index (κ1) is 45.8. The molecule has 77 heavy (non-hydrogen) atoms. The lowest BCUT2D eigenvalue weighted by molar-refractivity contribution is 0.672. The molecular formula is C75H54N2. The second kappa shape index (κ2) is 18.9. The third-order valence-electron chi connectivity index (χ3n) is 15.9. The predicted octanol–water partition coefficient (Wildman–Crippen LogP) is 21.1. The van der Waals surface area contributed by atoms with Crippen molar-refractivity contribution >= 4 is 66.4 Å². The van der Waals surface area contributed by atoms with Crippen molar-refractivity contribution < 1.29 is 0 Å². The molecule has 0 unspecified atom stereocenters. The summed E-state index contributed by atoms with van der Waals surface area (Å²) in [6, 6.07) is 107. The molecule has 0 atom stereocenters. The van der Waals surface area contributed by atoms with Crippen LogP contribution in [0.4, 0.5) is 34.1 Å². The first-order valence-corrected chi connectivity index (χ1v) is 26.8. The topological polar surface area (TPSA) is 6.48 Å². The van der Waals surface area contributed by atoms with E-state index in [1.165, 1.54) is 99.1 Å². The standard InChI is InChI=1S/C75H54N2/c1-75(2)73-63-40-24-22-38-61(63)71(77(58-35-19-8-20-36-58)70-46-42-56(52-27-11-4-12-28-52)48-66(70)54-31-15-6-16-32-54)50-68(73)72-62-39-23-21-37-60(62)67-49-59(43-44-64(67)74(72)75)76(57-33-17-7-18-34-57)69-45-41-55(51-25-9-3-10-26-51)47-65(69)53-29-13-5-14-30-53/h3-50H,1-2H3. The molecule has 13 aromatic rings. The normalized spacial score (nSPS) is 12.4. The Morgan fingerprint density at radius 1 is 0.234 bits per heavy atom. The van der Waals surface area contributed by atoms with Crippen molar-refractivity contribution in [3.63, 3.8) is 0 Å². The zero-order valence-corrected chi connectivity index (χ0v) is 43.1. The highest BCUT2D eigenvalue weighted by Gasteiger charge is 2.41. The smallest absolute Gasteiger partial charge is 0.0546 e. The van der Waals surface area contributed by atoms with Gasteiger partial charge in [-0.15, -0.1) is 0 Å². The number of hydrogen-bond acceptors (Lipinski definition) is 2. The number of rotatable bonds is 10. The Morgan fingerprint density at radius 3 is 1.18 bits per heavy atom. The minimum Gasteiger partial charge on any atom is -0.310 e. The minimum absolute atomic E-state index is 0.358. The summed E-state index contributed by atoms with van der Waals surface area (Å²) in [7, 11) is 0. The van der Waals surface area contributed by atoms with E-state index in [1.54, 1.807) is 0 Å². The summed E-state index contributed by atoms with van der Waals surface area (Å²) in [4.78, 5) is 4.96. The van der Waals surface area contributed by atoms with E-state index in [1.807, 2.05) is 0 Å². The van der Waals surface area contributed by atoms with Crippen LogP contribution in [0.25, 0.3) is 88.0 Å². The zero-order valence-electron chi connectivity index (χ0n) is 43.1. The van der Waals surface area contributed by atoms with Gasteiger partial charge in [-0.25, -0.2) is 0 Å². The lowest BCUT2D eigenvalue weighted by atomic mass is 9.77. The van der Waals surface area contributed by atoms with Crippen molar-refractivity contribution in [2.24, 2.45) is 0 Å². The Bertz CT molecular complexity index is 4320. The predicted molar refractivity (Wildman–Crippen MR) is 328 cm³/mol. The molecule has 0 amide bonds. The van der Waals surface area contributed by atoms with Crippen LogP contribution < -0.4 is 9.80 Å². The van der Waals surface area contributed by atoms with Gasteiger partial charge in [0.05, 0.1) is 17.1 Å². The van der Waals surface area contributed by atoms with Crippen LogP contribution in [-0.4, -0.2) is 0 Å². The van der Waals surface area contributed by atoms with Gasteiger partial charge in [0, 0.05) is 39.0 Å². The molecule has 2 nitrogen and oxygen atoms in total. The van der Waals surface area contributed by atoms with E-state index < -0.39 is 0 Å². The molecule has 0 spiro atoms. The molecule has 0 radical (unpaired) electrons. The zero-order chi connectivity index (χ0) is 51.5. The molecular weight excluding hydrogens is 929 g/mol. The summed E-state index contributed by atoms with van der Waals surface area (Å²) in [5.74, 6) is 0. The Hall–Kier alpha value is -9.76. The largest absolute Gasteiger partial charge is 0.310 e. The molecule has 0 saturated heterocycles. The molecule has 1 aliphatic carbocycles. The highest BCUT2D eigenvalue weighted by atomic mass is 15.2. The Morgan fingerprint density at radius 2 is 0.649 bits per heavy atom. The molecule has 1 aliphatic rings. The fourth-order valence-electron chi connectivity index (χ4n) is 12.6. The van der Waals surface area contributed by atoms with Crippen molar-refractivity contribution in [1.82, 2.24) is 0 Å². The van der Waals surface area contributed by atoms with Gasteiger partial charge in [0.1, 0.15) is 0 Å². The van der Waals surface area contributed by atoms with Crippen LogP contribution in [0.15, 0.2) is 291 Å². The molecule has 13 aromatic carbocycles. The maximum Gasteiger partial charge on any atom is 0.0546 e.